The minimum Gasteiger partial charge on any atom is -0.370 e. The normalized spacial score (nSPS) is 11.6. The maximum absolute atomic E-state index is 12.7. The fourth-order valence-corrected chi connectivity index (χ4v) is 1.74. The van der Waals surface area contributed by atoms with E-state index in [9.17, 15) is 13.2 Å². The van der Waals surface area contributed by atoms with Gasteiger partial charge in [0.05, 0.1) is 5.56 Å². The Hall–Kier alpha value is -2.12. The Morgan fingerprint density at radius 2 is 1.90 bits per heavy atom. The largest absolute Gasteiger partial charge is 0.419 e. The number of rotatable bonds is 6. The van der Waals surface area contributed by atoms with Crippen LogP contribution in [0, 0.1) is 0 Å². The van der Waals surface area contributed by atoms with E-state index in [1.165, 1.54) is 12.3 Å². The molecule has 0 aliphatic heterocycles. The van der Waals surface area contributed by atoms with Crippen LogP contribution in [0.1, 0.15) is 18.4 Å². The molecule has 5 nitrogen and oxygen atoms in total. The van der Waals surface area contributed by atoms with E-state index in [1.54, 1.807) is 12.7 Å². The van der Waals surface area contributed by atoms with Crippen LogP contribution in [0.25, 0.3) is 0 Å². The molecule has 0 saturated carbocycles. The number of aryl methyl sites for hydroxylation is 1. The molecule has 0 aliphatic carbocycles. The number of aromatic nitrogens is 4. The van der Waals surface area contributed by atoms with Crippen LogP contribution in [-0.4, -0.2) is 26.3 Å². The zero-order valence-electron chi connectivity index (χ0n) is 10.6. The van der Waals surface area contributed by atoms with E-state index in [-0.39, 0.29) is 5.82 Å². The highest BCUT2D eigenvalue weighted by atomic mass is 19.4. The van der Waals surface area contributed by atoms with E-state index >= 15 is 0 Å². The third-order valence-electron chi connectivity index (χ3n) is 2.72. The predicted molar refractivity (Wildman–Crippen MR) is 67.0 cm³/mol. The van der Waals surface area contributed by atoms with Crippen LogP contribution in [0.5, 0.6) is 0 Å². The fourth-order valence-electron chi connectivity index (χ4n) is 1.74. The molecule has 8 heteroatoms. The molecule has 2 rings (SSSR count). The summed E-state index contributed by atoms with van der Waals surface area (Å²) in [7, 11) is 0. The monoisotopic (exact) mass is 285 g/mol. The van der Waals surface area contributed by atoms with Gasteiger partial charge in [0.15, 0.2) is 0 Å². The van der Waals surface area contributed by atoms with Crippen LogP contribution >= 0.6 is 0 Å². The summed E-state index contributed by atoms with van der Waals surface area (Å²) < 4.78 is 40.0. The summed E-state index contributed by atoms with van der Waals surface area (Å²) in [6.45, 7) is 1.17. The van der Waals surface area contributed by atoms with Crippen molar-refractivity contribution in [1.29, 1.82) is 0 Å². The van der Waals surface area contributed by atoms with Gasteiger partial charge in [0.25, 0.3) is 0 Å². The molecule has 0 radical (unpaired) electrons. The Morgan fingerprint density at radius 3 is 2.60 bits per heavy atom. The topological polar surface area (TPSA) is 55.6 Å². The Labute approximate surface area is 113 Å². The smallest absolute Gasteiger partial charge is 0.370 e. The van der Waals surface area contributed by atoms with Gasteiger partial charge in [-0.1, -0.05) is 0 Å². The van der Waals surface area contributed by atoms with Crippen molar-refractivity contribution in [2.75, 3.05) is 11.9 Å². The van der Waals surface area contributed by atoms with Gasteiger partial charge in [-0.25, -0.2) is 4.98 Å². The zero-order chi connectivity index (χ0) is 14.4. The number of nitrogens with zero attached hydrogens (tertiary/aromatic N) is 4. The molecule has 0 amide bonds. The zero-order valence-corrected chi connectivity index (χ0v) is 10.6. The van der Waals surface area contributed by atoms with Crippen LogP contribution in [0.3, 0.4) is 0 Å². The Bertz CT molecular complexity index is 524. The van der Waals surface area contributed by atoms with Crippen LogP contribution in [0.4, 0.5) is 19.0 Å². The third kappa shape index (κ3) is 3.94. The van der Waals surface area contributed by atoms with Crippen LogP contribution in [0.2, 0.25) is 0 Å². The Kier molecular flexibility index (Phi) is 4.54. The highest BCUT2D eigenvalue weighted by Crippen LogP contribution is 2.33. The second-order valence-electron chi connectivity index (χ2n) is 4.23. The Balaban J connectivity index is 1.79. The van der Waals surface area contributed by atoms with E-state index in [0.717, 1.165) is 25.5 Å². The van der Waals surface area contributed by atoms with E-state index < -0.39 is 11.7 Å². The number of alkyl halides is 3. The average Bonchev–Trinajstić information content (AvgIpc) is 2.91. The summed E-state index contributed by atoms with van der Waals surface area (Å²) in [5, 5.41) is 10.1. The number of hydrogen-bond acceptors (Lipinski definition) is 4. The van der Waals surface area contributed by atoms with Crippen molar-refractivity contribution in [3.8, 4) is 0 Å². The molecule has 0 fully saturated rings. The quantitative estimate of drug-likeness (QED) is 0.829. The molecule has 0 spiro atoms. The van der Waals surface area contributed by atoms with Crippen molar-refractivity contribution in [3.63, 3.8) is 0 Å². The fraction of sp³-hybridized carbons (Fsp3) is 0.417. The summed E-state index contributed by atoms with van der Waals surface area (Å²) >= 11 is 0. The summed E-state index contributed by atoms with van der Waals surface area (Å²) in [5.41, 5.74) is -0.737. The highest BCUT2D eigenvalue weighted by molar-refractivity contribution is 5.45. The summed E-state index contributed by atoms with van der Waals surface area (Å²) in [6.07, 6.45) is 1.71. The molecular formula is C12H14F3N5. The molecule has 2 aromatic rings. The molecule has 108 valence electrons. The lowest BCUT2D eigenvalue weighted by Gasteiger charge is -2.13. The molecule has 1 N–H and O–H groups in total. The number of nitrogens with one attached hydrogen (secondary N) is 1. The van der Waals surface area contributed by atoms with E-state index in [2.05, 4.69) is 20.5 Å². The number of unbranched alkanes of at least 4 members (excludes halogenated alkanes) is 1. The lowest BCUT2D eigenvalue weighted by atomic mass is 10.2. The van der Waals surface area contributed by atoms with E-state index in [0.29, 0.717) is 6.54 Å². The molecule has 0 aromatic carbocycles. The first-order valence-electron chi connectivity index (χ1n) is 6.16. The molecule has 0 unspecified atom stereocenters. The minimum absolute atomic E-state index is 0.121. The van der Waals surface area contributed by atoms with Gasteiger partial charge in [-0.15, -0.1) is 10.2 Å². The van der Waals surface area contributed by atoms with Crippen LogP contribution in [0.15, 0.2) is 31.0 Å². The number of halogens is 3. The van der Waals surface area contributed by atoms with Gasteiger partial charge in [0, 0.05) is 19.3 Å². The van der Waals surface area contributed by atoms with Gasteiger partial charge in [0.1, 0.15) is 18.5 Å². The second-order valence-corrected chi connectivity index (χ2v) is 4.23. The van der Waals surface area contributed by atoms with Gasteiger partial charge in [-0.05, 0) is 25.0 Å². The van der Waals surface area contributed by atoms with E-state index in [1.807, 2.05) is 4.57 Å². The lowest BCUT2D eigenvalue weighted by molar-refractivity contribution is -0.137. The van der Waals surface area contributed by atoms with Gasteiger partial charge in [-0.2, -0.15) is 13.2 Å². The Morgan fingerprint density at radius 1 is 1.15 bits per heavy atom. The van der Waals surface area contributed by atoms with Gasteiger partial charge >= 0.3 is 6.18 Å². The average molecular weight is 285 g/mol. The number of hydrogen-bond donors (Lipinski definition) is 1. The molecule has 0 bridgehead atoms. The number of pyridine rings is 1. The van der Waals surface area contributed by atoms with E-state index in [4.69, 9.17) is 0 Å². The molecule has 20 heavy (non-hydrogen) atoms. The first-order chi connectivity index (χ1) is 9.57. The van der Waals surface area contributed by atoms with Crippen molar-refractivity contribution in [1.82, 2.24) is 19.7 Å². The van der Waals surface area contributed by atoms with Crippen molar-refractivity contribution in [2.45, 2.75) is 25.6 Å². The number of anilines is 1. The maximum Gasteiger partial charge on any atom is 0.419 e. The first-order valence-corrected chi connectivity index (χ1v) is 6.16. The summed E-state index contributed by atoms with van der Waals surface area (Å²) in [6, 6.07) is 2.30. The van der Waals surface area contributed by atoms with Crippen molar-refractivity contribution >= 4 is 5.82 Å². The SMILES string of the molecule is FC(F)(F)c1cccnc1NCCCCn1cnnc1. The van der Waals surface area contributed by atoms with Crippen molar-refractivity contribution < 1.29 is 13.2 Å². The minimum atomic E-state index is -4.39. The van der Waals surface area contributed by atoms with Crippen LogP contribution < -0.4 is 5.32 Å². The van der Waals surface area contributed by atoms with Gasteiger partial charge in [0.2, 0.25) is 0 Å². The standard InChI is InChI=1S/C12H14F3N5/c13-12(14,15)10-4-3-6-17-11(10)16-5-1-2-7-20-8-18-19-9-20/h3-4,6,8-9H,1-2,5,7H2,(H,16,17). The summed E-state index contributed by atoms with van der Waals surface area (Å²) in [5.74, 6) is -0.121. The predicted octanol–water partition coefficient (Wildman–Crippen LogP) is 2.58. The lowest BCUT2D eigenvalue weighted by Crippen LogP contribution is -2.13. The van der Waals surface area contributed by atoms with Gasteiger partial charge in [-0.3, -0.25) is 0 Å². The molecule has 0 saturated heterocycles. The molecule has 0 aliphatic rings. The highest BCUT2D eigenvalue weighted by Gasteiger charge is 2.33. The van der Waals surface area contributed by atoms with Gasteiger partial charge < -0.3 is 9.88 Å². The second kappa shape index (κ2) is 6.36. The first kappa shape index (κ1) is 14.3. The third-order valence-corrected chi connectivity index (χ3v) is 2.72. The van der Waals surface area contributed by atoms with Crippen LogP contribution in [-0.2, 0) is 12.7 Å². The molecule has 2 aromatic heterocycles. The molecular weight excluding hydrogens is 271 g/mol. The van der Waals surface area contributed by atoms with Crippen molar-refractivity contribution in [2.24, 2.45) is 0 Å². The molecule has 2 heterocycles. The summed E-state index contributed by atoms with van der Waals surface area (Å²) in [4.78, 5) is 3.74. The maximum atomic E-state index is 12.7. The molecule has 0 atom stereocenters. The van der Waals surface area contributed by atoms with Crippen molar-refractivity contribution in [3.05, 3.63) is 36.5 Å².